The van der Waals surface area contributed by atoms with Gasteiger partial charge in [-0.1, -0.05) is 12.1 Å². The van der Waals surface area contributed by atoms with Crippen LogP contribution in [0.15, 0.2) is 36.4 Å². The molecule has 1 amide bonds. The van der Waals surface area contributed by atoms with E-state index >= 15 is 0 Å². The largest absolute Gasteiger partial charge is 0.573 e. The van der Waals surface area contributed by atoms with Gasteiger partial charge in [0.15, 0.2) is 0 Å². The summed E-state index contributed by atoms with van der Waals surface area (Å²) in [4.78, 5) is 11.3. The SMILES string of the molecule is NC(=O)c1ccc2c(c1)CNC2[C@@H](c1ccc(F)cc1OC(F)(F)F)C(F)(F)F. The van der Waals surface area contributed by atoms with E-state index in [1.807, 2.05) is 0 Å². The Bertz CT molecular complexity index is 941. The third-order valence-electron chi connectivity index (χ3n) is 4.50. The fourth-order valence-electron chi connectivity index (χ4n) is 3.37. The lowest BCUT2D eigenvalue weighted by atomic mass is 9.86. The minimum absolute atomic E-state index is 0.0651. The maximum absolute atomic E-state index is 13.9. The summed E-state index contributed by atoms with van der Waals surface area (Å²) >= 11 is 0. The molecule has 0 saturated heterocycles. The number of carbonyl (C=O) groups excluding carboxylic acids is 1. The molecule has 1 unspecified atom stereocenters. The topological polar surface area (TPSA) is 64.4 Å². The molecule has 0 saturated carbocycles. The lowest BCUT2D eigenvalue weighted by Gasteiger charge is -2.29. The van der Waals surface area contributed by atoms with Gasteiger partial charge < -0.3 is 15.8 Å². The molecular weight excluding hydrogens is 409 g/mol. The van der Waals surface area contributed by atoms with E-state index in [4.69, 9.17) is 5.73 Å². The van der Waals surface area contributed by atoms with Gasteiger partial charge in [-0.3, -0.25) is 4.79 Å². The summed E-state index contributed by atoms with van der Waals surface area (Å²) in [7, 11) is 0. The summed E-state index contributed by atoms with van der Waals surface area (Å²) in [6.45, 7) is -0.0651. The summed E-state index contributed by atoms with van der Waals surface area (Å²) in [5, 5.41) is 2.60. The van der Waals surface area contributed by atoms with Gasteiger partial charge in [0, 0.05) is 29.8 Å². The molecule has 156 valence electrons. The normalized spacial score (nSPS) is 17.7. The van der Waals surface area contributed by atoms with Crippen molar-refractivity contribution < 1.29 is 40.3 Å². The molecule has 3 N–H and O–H groups in total. The van der Waals surface area contributed by atoms with E-state index in [-0.39, 0.29) is 23.7 Å². The van der Waals surface area contributed by atoms with Crippen molar-refractivity contribution in [2.24, 2.45) is 5.73 Å². The van der Waals surface area contributed by atoms with Crippen molar-refractivity contribution in [1.82, 2.24) is 5.32 Å². The van der Waals surface area contributed by atoms with Gasteiger partial charge in [0.25, 0.3) is 0 Å². The van der Waals surface area contributed by atoms with E-state index in [9.17, 15) is 35.5 Å². The quantitative estimate of drug-likeness (QED) is 0.722. The van der Waals surface area contributed by atoms with Crippen LogP contribution >= 0.6 is 0 Å². The van der Waals surface area contributed by atoms with Crippen molar-refractivity contribution in [3.8, 4) is 5.75 Å². The summed E-state index contributed by atoms with van der Waals surface area (Å²) < 4.78 is 96.9. The van der Waals surface area contributed by atoms with Crippen LogP contribution in [0.25, 0.3) is 0 Å². The molecule has 0 fully saturated rings. The van der Waals surface area contributed by atoms with Crippen molar-refractivity contribution in [3.05, 3.63) is 64.5 Å². The number of fused-ring (bicyclic) bond motifs is 1. The van der Waals surface area contributed by atoms with Crippen LogP contribution in [0.4, 0.5) is 30.7 Å². The third-order valence-corrected chi connectivity index (χ3v) is 4.50. The van der Waals surface area contributed by atoms with Crippen molar-refractivity contribution in [2.75, 3.05) is 0 Å². The van der Waals surface area contributed by atoms with Crippen molar-refractivity contribution in [3.63, 3.8) is 0 Å². The van der Waals surface area contributed by atoms with Gasteiger partial charge in [-0.2, -0.15) is 13.2 Å². The molecule has 3 rings (SSSR count). The molecule has 2 aromatic rings. The third kappa shape index (κ3) is 4.44. The average molecular weight is 422 g/mol. The van der Waals surface area contributed by atoms with Crippen LogP contribution < -0.4 is 15.8 Å². The summed E-state index contributed by atoms with van der Waals surface area (Å²) in [5.41, 5.74) is 4.85. The lowest BCUT2D eigenvalue weighted by molar-refractivity contribution is -0.275. The Labute approximate surface area is 159 Å². The zero-order chi connectivity index (χ0) is 21.6. The van der Waals surface area contributed by atoms with Crippen LogP contribution in [0.3, 0.4) is 0 Å². The predicted octanol–water partition coefficient (Wildman–Crippen LogP) is 4.31. The highest BCUT2D eigenvalue weighted by atomic mass is 19.4. The Kier molecular flexibility index (Phi) is 5.20. The smallest absolute Gasteiger partial charge is 0.405 e. The molecule has 29 heavy (non-hydrogen) atoms. The summed E-state index contributed by atoms with van der Waals surface area (Å²) in [6, 6.07) is 3.82. The van der Waals surface area contributed by atoms with E-state index < -0.39 is 47.5 Å². The number of alkyl halides is 6. The second kappa shape index (κ2) is 7.21. The maximum atomic E-state index is 13.9. The van der Waals surface area contributed by atoms with E-state index in [2.05, 4.69) is 10.1 Å². The highest BCUT2D eigenvalue weighted by Crippen LogP contribution is 2.49. The molecule has 2 aromatic carbocycles. The van der Waals surface area contributed by atoms with Crippen LogP contribution in [0.1, 0.15) is 39.0 Å². The number of ether oxygens (including phenoxy) is 1. The Balaban J connectivity index is 2.10. The fourth-order valence-corrected chi connectivity index (χ4v) is 3.37. The van der Waals surface area contributed by atoms with Crippen LogP contribution in [0.5, 0.6) is 5.75 Å². The minimum atomic E-state index is -5.31. The van der Waals surface area contributed by atoms with Crippen LogP contribution in [0, 0.1) is 5.82 Å². The number of rotatable bonds is 4. The first-order valence-corrected chi connectivity index (χ1v) is 8.15. The molecule has 1 heterocycles. The summed E-state index contributed by atoms with van der Waals surface area (Å²) in [6.07, 6.45) is -10.3. The number of primary amides is 1. The molecule has 0 radical (unpaired) electrons. The predicted molar refractivity (Wildman–Crippen MR) is 86.4 cm³/mol. The fraction of sp³-hybridized carbons (Fsp3) is 0.278. The highest BCUT2D eigenvalue weighted by molar-refractivity contribution is 5.93. The van der Waals surface area contributed by atoms with Crippen LogP contribution in [-0.4, -0.2) is 18.4 Å². The number of halogens is 7. The van der Waals surface area contributed by atoms with Crippen molar-refractivity contribution >= 4 is 5.91 Å². The average Bonchev–Trinajstić information content (AvgIpc) is 2.97. The molecule has 0 bridgehead atoms. The van der Waals surface area contributed by atoms with Gasteiger partial charge in [-0.15, -0.1) is 13.2 Å². The van der Waals surface area contributed by atoms with Gasteiger partial charge in [0.05, 0.1) is 0 Å². The van der Waals surface area contributed by atoms with Crippen molar-refractivity contribution in [2.45, 2.75) is 31.0 Å². The first-order chi connectivity index (χ1) is 13.4. The van der Waals surface area contributed by atoms with Crippen LogP contribution in [0.2, 0.25) is 0 Å². The zero-order valence-corrected chi connectivity index (χ0v) is 14.4. The summed E-state index contributed by atoms with van der Waals surface area (Å²) in [5.74, 6) is -5.70. The van der Waals surface area contributed by atoms with Gasteiger partial charge in [0.2, 0.25) is 5.91 Å². The second-order valence-corrected chi connectivity index (χ2v) is 6.39. The van der Waals surface area contributed by atoms with E-state index in [0.717, 1.165) is 0 Å². The van der Waals surface area contributed by atoms with Crippen molar-refractivity contribution in [1.29, 1.82) is 0 Å². The molecule has 0 aromatic heterocycles. The minimum Gasteiger partial charge on any atom is -0.405 e. The Morgan fingerprint density at radius 3 is 2.38 bits per heavy atom. The van der Waals surface area contributed by atoms with Gasteiger partial charge >= 0.3 is 12.5 Å². The highest BCUT2D eigenvalue weighted by Gasteiger charge is 2.50. The molecule has 1 aliphatic rings. The molecule has 2 atom stereocenters. The molecule has 0 aliphatic carbocycles. The van der Waals surface area contributed by atoms with E-state index in [1.165, 1.54) is 18.2 Å². The number of hydrogen-bond acceptors (Lipinski definition) is 3. The Morgan fingerprint density at radius 2 is 1.79 bits per heavy atom. The molecule has 4 nitrogen and oxygen atoms in total. The van der Waals surface area contributed by atoms with Crippen LogP contribution in [-0.2, 0) is 6.54 Å². The lowest BCUT2D eigenvalue weighted by Crippen LogP contribution is -2.33. The Hall–Kier alpha value is -2.82. The number of nitrogens with two attached hydrogens (primary N) is 1. The number of amides is 1. The molecular formula is C18H13F7N2O2. The maximum Gasteiger partial charge on any atom is 0.573 e. The number of carbonyl (C=O) groups is 1. The molecule has 11 heteroatoms. The van der Waals surface area contributed by atoms with Gasteiger partial charge in [-0.05, 0) is 29.3 Å². The Morgan fingerprint density at radius 1 is 1.10 bits per heavy atom. The number of nitrogens with one attached hydrogen (secondary N) is 1. The number of benzene rings is 2. The monoisotopic (exact) mass is 422 g/mol. The van der Waals surface area contributed by atoms with E-state index in [1.54, 1.807) is 0 Å². The van der Waals surface area contributed by atoms with Gasteiger partial charge in [-0.25, -0.2) is 4.39 Å². The second-order valence-electron chi connectivity index (χ2n) is 6.39. The first kappa shape index (κ1) is 20.9. The number of hydrogen-bond donors (Lipinski definition) is 2. The van der Waals surface area contributed by atoms with E-state index in [0.29, 0.717) is 17.7 Å². The zero-order valence-electron chi connectivity index (χ0n) is 14.4. The molecule has 0 spiro atoms. The first-order valence-electron chi connectivity index (χ1n) is 8.15. The standard InChI is InChI=1S/C18H13F7N2O2/c19-10-2-4-12(13(6-10)29-18(23,24)25)14(17(20,21)22)15-11-3-1-8(16(26)28)5-9(11)7-27-15/h1-6,14-15,27H,7H2,(H2,26,28)/t14-,15?/m1/s1. The van der Waals surface area contributed by atoms with Gasteiger partial charge in [0.1, 0.15) is 17.5 Å². The molecule has 1 aliphatic heterocycles.